The number of anilines is 2. The first-order valence-corrected chi connectivity index (χ1v) is 12.5. The van der Waals surface area contributed by atoms with Crippen molar-refractivity contribution in [3.05, 3.63) is 53.6 Å². The van der Waals surface area contributed by atoms with Gasteiger partial charge < -0.3 is 10.2 Å². The molecule has 0 spiro atoms. The lowest BCUT2D eigenvalue weighted by atomic mass is 10.1. The smallest absolute Gasteiger partial charge is 0.258 e. The van der Waals surface area contributed by atoms with Crippen LogP contribution in [0.2, 0.25) is 0 Å². The zero-order valence-corrected chi connectivity index (χ0v) is 18.6. The average molecular weight is 464 g/mol. The molecule has 0 aromatic heterocycles. The summed E-state index contributed by atoms with van der Waals surface area (Å²) in [6.07, 6.45) is 5.74. The quantitative estimate of drug-likeness (QED) is 0.715. The lowest BCUT2D eigenvalue weighted by molar-refractivity contribution is 0.102. The third-order valence-corrected chi connectivity index (χ3v) is 7.94. The van der Waals surface area contributed by atoms with E-state index in [1.807, 2.05) is 0 Å². The van der Waals surface area contributed by atoms with Crippen LogP contribution in [0.3, 0.4) is 0 Å². The Morgan fingerprint density at radius 3 is 2.16 bits per heavy atom. The molecule has 2 aromatic carbocycles. The van der Waals surface area contributed by atoms with Crippen LogP contribution in [0.1, 0.15) is 48.9 Å². The second kappa shape index (κ2) is 9.54. The van der Waals surface area contributed by atoms with Gasteiger partial charge in [0.2, 0.25) is 10.0 Å². The number of piperidine rings is 2. The predicted molar refractivity (Wildman–Crippen MR) is 119 cm³/mol. The Morgan fingerprint density at radius 1 is 0.844 bits per heavy atom. The van der Waals surface area contributed by atoms with Crippen LogP contribution in [0, 0.1) is 11.6 Å². The molecule has 4 rings (SSSR count). The summed E-state index contributed by atoms with van der Waals surface area (Å²) in [5, 5.41) is 2.67. The molecule has 0 saturated carbocycles. The minimum absolute atomic E-state index is 0.0926. The van der Waals surface area contributed by atoms with Crippen LogP contribution < -0.4 is 10.2 Å². The van der Waals surface area contributed by atoms with Gasteiger partial charge in [0.25, 0.3) is 5.91 Å². The summed E-state index contributed by atoms with van der Waals surface area (Å²) in [4.78, 5) is 15.0. The Morgan fingerprint density at radius 2 is 1.50 bits per heavy atom. The van der Waals surface area contributed by atoms with Crippen LogP contribution >= 0.6 is 0 Å². The maximum absolute atomic E-state index is 14.2. The molecule has 1 N–H and O–H groups in total. The van der Waals surface area contributed by atoms with E-state index in [2.05, 4.69) is 10.2 Å². The number of halogens is 2. The van der Waals surface area contributed by atoms with Gasteiger partial charge >= 0.3 is 0 Å². The van der Waals surface area contributed by atoms with Gasteiger partial charge in [-0.3, -0.25) is 4.79 Å². The van der Waals surface area contributed by atoms with E-state index in [0.717, 1.165) is 63.7 Å². The third-order valence-electron chi connectivity index (χ3n) is 6.04. The van der Waals surface area contributed by atoms with Crippen molar-refractivity contribution in [3.8, 4) is 0 Å². The van der Waals surface area contributed by atoms with Crippen molar-refractivity contribution >= 4 is 27.3 Å². The maximum atomic E-state index is 14.2. The highest BCUT2D eigenvalue weighted by Crippen LogP contribution is 2.33. The highest BCUT2D eigenvalue weighted by molar-refractivity contribution is 7.89. The summed E-state index contributed by atoms with van der Waals surface area (Å²) < 4.78 is 55.2. The van der Waals surface area contributed by atoms with Gasteiger partial charge in [-0.05, 0) is 62.4 Å². The predicted octanol–water partition coefficient (Wildman–Crippen LogP) is 4.38. The molecule has 32 heavy (non-hydrogen) atoms. The van der Waals surface area contributed by atoms with Crippen molar-refractivity contribution in [2.45, 2.75) is 43.4 Å². The summed E-state index contributed by atoms with van der Waals surface area (Å²) in [5.74, 6) is -2.50. The Hall–Kier alpha value is -2.52. The van der Waals surface area contributed by atoms with Gasteiger partial charge in [-0.2, -0.15) is 4.31 Å². The first-order chi connectivity index (χ1) is 15.4. The number of hydrogen-bond donors (Lipinski definition) is 1. The van der Waals surface area contributed by atoms with Gasteiger partial charge in [0.1, 0.15) is 11.6 Å². The van der Waals surface area contributed by atoms with E-state index in [1.165, 1.54) is 10.4 Å². The lowest BCUT2D eigenvalue weighted by Gasteiger charge is -2.31. The number of carbonyl (C=O) groups is 1. The number of nitrogens with zero attached hydrogens (tertiary/aromatic N) is 2. The minimum atomic E-state index is -3.71. The molecule has 1 amide bonds. The zero-order valence-electron chi connectivity index (χ0n) is 17.8. The van der Waals surface area contributed by atoms with Gasteiger partial charge in [0.15, 0.2) is 0 Å². The van der Waals surface area contributed by atoms with Gasteiger partial charge in [0, 0.05) is 32.2 Å². The number of carbonyl (C=O) groups excluding carboxylic acids is 1. The van der Waals surface area contributed by atoms with Gasteiger partial charge in [-0.15, -0.1) is 0 Å². The number of hydrogen-bond acceptors (Lipinski definition) is 4. The summed E-state index contributed by atoms with van der Waals surface area (Å²) in [7, 11) is -3.71. The second-order valence-electron chi connectivity index (χ2n) is 8.27. The van der Waals surface area contributed by atoms with E-state index < -0.39 is 27.6 Å². The zero-order chi connectivity index (χ0) is 22.7. The summed E-state index contributed by atoms with van der Waals surface area (Å²) >= 11 is 0. The molecule has 0 radical (unpaired) electrons. The lowest BCUT2D eigenvalue weighted by Crippen LogP contribution is -2.36. The molecular weight excluding hydrogens is 436 g/mol. The molecule has 9 heteroatoms. The fourth-order valence-electron chi connectivity index (χ4n) is 4.30. The normalized spacial score (nSPS) is 17.9. The molecule has 2 aliphatic heterocycles. The Bertz CT molecular complexity index is 1100. The van der Waals surface area contributed by atoms with E-state index in [0.29, 0.717) is 30.5 Å². The maximum Gasteiger partial charge on any atom is 0.258 e. The molecule has 172 valence electrons. The molecular formula is C23H27F2N3O3S. The van der Waals surface area contributed by atoms with Crippen LogP contribution in [-0.2, 0) is 10.0 Å². The fraction of sp³-hybridized carbons (Fsp3) is 0.435. The van der Waals surface area contributed by atoms with Crippen molar-refractivity contribution in [2.24, 2.45) is 0 Å². The molecule has 6 nitrogen and oxygen atoms in total. The standard InChI is InChI=1S/C23H27F2N3O3S/c24-17-7-9-19(20(25)15-17)23(29)26-21-16-18(32(30,31)28-13-5-2-6-14-28)8-10-22(21)27-11-3-1-4-12-27/h7-10,15-16H,1-6,11-14H2,(H,26,29). The van der Waals surface area contributed by atoms with E-state index in [4.69, 9.17) is 0 Å². The van der Waals surface area contributed by atoms with Crippen LogP contribution in [0.25, 0.3) is 0 Å². The van der Waals surface area contributed by atoms with E-state index in [9.17, 15) is 22.0 Å². The number of amides is 1. The van der Waals surface area contributed by atoms with E-state index in [1.54, 1.807) is 12.1 Å². The molecule has 2 fully saturated rings. The van der Waals surface area contributed by atoms with Gasteiger partial charge in [-0.1, -0.05) is 6.42 Å². The Kier molecular flexibility index (Phi) is 6.76. The largest absolute Gasteiger partial charge is 0.370 e. The van der Waals surface area contributed by atoms with Crippen LogP contribution in [0.15, 0.2) is 41.3 Å². The third kappa shape index (κ3) is 4.78. The molecule has 2 saturated heterocycles. The van der Waals surface area contributed by atoms with E-state index in [-0.39, 0.29) is 10.5 Å². The number of benzene rings is 2. The van der Waals surface area contributed by atoms with Crippen molar-refractivity contribution < 1.29 is 22.0 Å². The molecule has 2 aromatic rings. The number of sulfonamides is 1. The molecule has 0 atom stereocenters. The van der Waals surface area contributed by atoms with Crippen LogP contribution in [-0.4, -0.2) is 44.8 Å². The SMILES string of the molecule is O=C(Nc1cc(S(=O)(=O)N2CCCCC2)ccc1N1CCCCC1)c1ccc(F)cc1F. The average Bonchev–Trinajstić information content (AvgIpc) is 2.80. The van der Waals surface area contributed by atoms with Crippen LogP contribution in [0.4, 0.5) is 20.2 Å². The highest BCUT2D eigenvalue weighted by Gasteiger charge is 2.28. The molecule has 2 aliphatic rings. The van der Waals surface area contributed by atoms with Crippen molar-refractivity contribution in [1.82, 2.24) is 4.31 Å². The second-order valence-corrected chi connectivity index (χ2v) is 10.2. The van der Waals surface area contributed by atoms with Crippen molar-refractivity contribution in [1.29, 1.82) is 0 Å². The highest BCUT2D eigenvalue weighted by atomic mass is 32.2. The molecule has 2 heterocycles. The monoisotopic (exact) mass is 463 g/mol. The number of nitrogens with one attached hydrogen (secondary N) is 1. The first kappa shape index (κ1) is 22.7. The Balaban J connectivity index is 1.69. The molecule has 0 aliphatic carbocycles. The van der Waals surface area contributed by atoms with Gasteiger partial charge in [0.05, 0.1) is 21.8 Å². The summed E-state index contributed by atoms with van der Waals surface area (Å²) in [6.45, 7) is 2.51. The van der Waals surface area contributed by atoms with Crippen molar-refractivity contribution in [3.63, 3.8) is 0 Å². The topological polar surface area (TPSA) is 69.7 Å². The molecule has 0 bridgehead atoms. The van der Waals surface area contributed by atoms with Crippen molar-refractivity contribution in [2.75, 3.05) is 36.4 Å². The number of rotatable bonds is 5. The van der Waals surface area contributed by atoms with E-state index >= 15 is 0 Å². The fourth-order valence-corrected chi connectivity index (χ4v) is 5.85. The summed E-state index contributed by atoms with van der Waals surface area (Å²) in [5.41, 5.74) is 0.692. The van der Waals surface area contributed by atoms with Crippen LogP contribution in [0.5, 0.6) is 0 Å². The van der Waals surface area contributed by atoms with Gasteiger partial charge in [-0.25, -0.2) is 17.2 Å². The summed E-state index contributed by atoms with van der Waals surface area (Å²) in [6, 6.07) is 7.47. The molecule has 0 unspecified atom stereocenters. The minimum Gasteiger partial charge on any atom is -0.370 e. The Labute approximate surface area is 187 Å². The first-order valence-electron chi connectivity index (χ1n) is 11.0.